The fourth-order valence-corrected chi connectivity index (χ4v) is 3.04. The van der Waals surface area contributed by atoms with Gasteiger partial charge in [-0.05, 0) is 0 Å². The maximum absolute atomic E-state index is 1.99. The molecule has 5 rings (SSSR count). The zero-order chi connectivity index (χ0) is 3.46. The molecule has 5 saturated carbocycles. The van der Waals surface area contributed by atoms with Gasteiger partial charge >= 0.3 is 18.9 Å². The van der Waals surface area contributed by atoms with Gasteiger partial charge in [0.25, 0.3) is 0 Å². The van der Waals surface area contributed by atoms with Gasteiger partial charge in [0.05, 0.1) is 0 Å². The molecule has 5 aliphatic carbocycles. The van der Waals surface area contributed by atoms with E-state index < -0.39 is 0 Å². The Bertz CT molecular complexity index is 79.2. The summed E-state index contributed by atoms with van der Waals surface area (Å²) >= 11 is 0. The maximum atomic E-state index is 1.99. The van der Waals surface area contributed by atoms with Crippen molar-refractivity contribution >= 4 is 0 Å². The summed E-state index contributed by atoms with van der Waals surface area (Å²) in [6, 6.07) is 0. The molecule has 0 aromatic heterocycles. The second kappa shape index (κ2) is 0.598. The van der Waals surface area contributed by atoms with E-state index in [1.807, 2.05) is 5.92 Å². The molecule has 0 radical (unpaired) electrons. The first-order valence-corrected chi connectivity index (χ1v) is 2.87. The van der Waals surface area contributed by atoms with Gasteiger partial charge in [0, 0.05) is 0 Å². The van der Waals surface area contributed by atoms with Crippen LogP contribution in [0, 0.1) is 35.5 Å². The zero-order valence-electron chi connectivity index (χ0n) is 4.39. The van der Waals surface area contributed by atoms with Crippen molar-refractivity contribution in [3.05, 3.63) is 5.92 Å². The van der Waals surface area contributed by atoms with Crippen LogP contribution in [0.5, 0.6) is 0 Å². The molecule has 1 heteroatoms. The Kier molecular flexibility index (Phi) is 0.307. The summed E-state index contributed by atoms with van der Waals surface area (Å²) < 4.78 is 0. The molecule has 30 valence electrons. The van der Waals surface area contributed by atoms with Crippen LogP contribution in [0.2, 0.25) is 0 Å². The standard InChI is InChI=1S/C6H5.Li/c1-2-3(1)6-4(1)5(2)6;/h1-5H;/q-1;+1. The molecule has 0 heterocycles. The minimum atomic E-state index is 0. The normalized spacial score (nSPS) is 84.9. The molecule has 0 saturated heterocycles. The Morgan fingerprint density at radius 3 is 1.57 bits per heavy atom. The summed E-state index contributed by atoms with van der Waals surface area (Å²) in [5.74, 6) is 8.33. The third-order valence-electron chi connectivity index (χ3n) is 3.39. The summed E-state index contributed by atoms with van der Waals surface area (Å²) in [5, 5.41) is 0. The summed E-state index contributed by atoms with van der Waals surface area (Å²) in [4.78, 5) is 0. The molecule has 4 unspecified atom stereocenters. The number of hydrogen-bond acceptors (Lipinski definition) is 0. The van der Waals surface area contributed by atoms with E-state index >= 15 is 0 Å². The summed E-state index contributed by atoms with van der Waals surface area (Å²) in [6.07, 6.45) is 0. The van der Waals surface area contributed by atoms with Crippen LogP contribution in [-0.2, 0) is 0 Å². The maximum Gasteiger partial charge on any atom is 1.00 e. The van der Waals surface area contributed by atoms with E-state index in [2.05, 4.69) is 0 Å². The molecule has 0 spiro atoms. The van der Waals surface area contributed by atoms with Crippen LogP contribution in [-0.4, -0.2) is 0 Å². The average Bonchev–Trinajstić information content (AvgIpc) is 1.64. The quantitative estimate of drug-likeness (QED) is 0.229. The Balaban J connectivity index is 0.000000202. The summed E-state index contributed by atoms with van der Waals surface area (Å²) in [5.41, 5.74) is 0. The Morgan fingerprint density at radius 1 is 0.857 bits per heavy atom. The van der Waals surface area contributed by atoms with Gasteiger partial charge < -0.3 is 5.92 Å². The van der Waals surface area contributed by atoms with Crippen LogP contribution in [0.15, 0.2) is 0 Å². The number of rotatable bonds is 0. The van der Waals surface area contributed by atoms with Crippen molar-refractivity contribution in [2.75, 3.05) is 0 Å². The predicted molar refractivity (Wildman–Crippen MR) is 20.7 cm³/mol. The third kappa shape index (κ3) is 0.131. The van der Waals surface area contributed by atoms with E-state index in [1.165, 1.54) is 29.6 Å². The van der Waals surface area contributed by atoms with Gasteiger partial charge in [-0.15, -0.1) is 0 Å². The zero-order valence-corrected chi connectivity index (χ0v) is 4.39. The van der Waals surface area contributed by atoms with Crippen LogP contribution < -0.4 is 18.9 Å². The van der Waals surface area contributed by atoms with E-state index in [4.69, 9.17) is 0 Å². The van der Waals surface area contributed by atoms with E-state index in [0.717, 1.165) is 0 Å². The molecule has 0 amide bonds. The molecule has 5 aliphatic rings. The molecular formula is C6H5Li. The first kappa shape index (κ1) is 3.59. The molecule has 0 aliphatic heterocycles. The smallest absolute Gasteiger partial charge is 0.308 e. The van der Waals surface area contributed by atoms with Crippen LogP contribution in [0.1, 0.15) is 0 Å². The fourth-order valence-electron chi connectivity index (χ4n) is 3.04. The second-order valence-electron chi connectivity index (χ2n) is 3.23. The summed E-state index contributed by atoms with van der Waals surface area (Å²) in [7, 11) is 0. The minimum absolute atomic E-state index is 0. The van der Waals surface area contributed by atoms with Crippen molar-refractivity contribution < 1.29 is 18.9 Å². The predicted octanol–water partition coefficient (Wildman–Crippen LogP) is -2.30. The largest absolute Gasteiger partial charge is 1.00 e. The Morgan fingerprint density at radius 2 is 1.43 bits per heavy atom. The molecule has 0 bridgehead atoms. The molecule has 5 fully saturated rings. The van der Waals surface area contributed by atoms with Gasteiger partial charge in [0.1, 0.15) is 0 Å². The third-order valence-corrected chi connectivity index (χ3v) is 3.39. The van der Waals surface area contributed by atoms with Gasteiger partial charge in [0.2, 0.25) is 0 Å². The van der Waals surface area contributed by atoms with Crippen molar-refractivity contribution in [3.8, 4) is 0 Å². The van der Waals surface area contributed by atoms with Gasteiger partial charge in [-0.3, -0.25) is 0 Å². The van der Waals surface area contributed by atoms with Gasteiger partial charge in [-0.2, -0.15) is 17.8 Å². The van der Waals surface area contributed by atoms with Crippen LogP contribution in [0.25, 0.3) is 0 Å². The van der Waals surface area contributed by atoms with Crippen molar-refractivity contribution in [2.45, 2.75) is 0 Å². The van der Waals surface area contributed by atoms with Crippen molar-refractivity contribution in [1.82, 2.24) is 0 Å². The SMILES string of the molecule is [C-]12C3C1C1C2C31.[Li+]. The van der Waals surface area contributed by atoms with E-state index in [-0.39, 0.29) is 18.9 Å². The van der Waals surface area contributed by atoms with Gasteiger partial charge in [-0.25, -0.2) is 0 Å². The first-order chi connectivity index (χ1) is 3.00. The van der Waals surface area contributed by atoms with Crippen LogP contribution >= 0.6 is 0 Å². The average molecular weight is 84.0 g/mol. The number of hydrogen-bond donors (Lipinski definition) is 0. The first-order valence-electron chi connectivity index (χ1n) is 2.87. The van der Waals surface area contributed by atoms with Crippen molar-refractivity contribution in [3.63, 3.8) is 0 Å². The Hall–Kier alpha value is 0.597. The van der Waals surface area contributed by atoms with Crippen molar-refractivity contribution in [1.29, 1.82) is 0 Å². The van der Waals surface area contributed by atoms with E-state index in [1.54, 1.807) is 0 Å². The Labute approximate surface area is 54.8 Å². The van der Waals surface area contributed by atoms with Crippen molar-refractivity contribution in [2.24, 2.45) is 29.6 Å². The topological polar surface area (TPSA) is 0 Å². The second-order valence-corrected chi connectivity index (χ2v) is 3.23. The van der Waals surface area contributed by atoms with E-state index in [9.17, 15) is 0 Å². The van der Waals surface area contributed by atoms with Crippen LogP contribution in [0.3, 0.4) is 0 Å². The molecular weight excluding hydrogens is 79.0 g/mol. The fraction of sp³-hybridized carbons (Fsp3) is 0.833. The monoisotopic (exact) mass is 84.1 g/mol. The van der Waals surface area contributed by atoms with Gasteiger partial charge in [0.15, 0.2) is 0 Å². The molecule has 0 N–H and O–H groups in total. The van der Waals surface area contributed by atoms with E-state index in [0.29, 0.717) is 0 Å². The minimum Gasteiger partial charge on any atom is -0.308 e. The molecule has 7 heavy (non-hydrogen) atoms. The molecule has 0 aromatic rings. The summed E-state index contributed by atoms with van der Waals surface area (Å²) in [6.45, 7) is 0. The molecule has 4 atom stereocenters. The van der Waals surface area contributed by atoms with Gasteiger partial charge in [-0.1, -0.05) is 11.8 Å². The van der Waals surface area contributed by atoms with Crippen LogP contribution in [0.4, 0.5) is 0 Å². The molecule has 0 aromatic carbocycles. The molecule has 0 nitrogen and oxygen atoms in total.